The highest BCUT2D eigenvalue weighted by molar-refractivity contribution is 7.91. The maximum Gasteiger partial charge on any atom is 0.410 e. The lowest BCUT2D eigenvalue weighted by Crippen LogP contribution is -2.59. The van der Waals surface area contributed by atoms with E-state index in [2.05, 4.69) is 21.9 Å². The van der Waals surface area contributed by atoms with Crippen LogP contribution < -0.4 is 15.4 Å². The molecule has 0 unspecified atom stereocenters. The number of hydrogen-bond acceptors (Lipinski definition) is 8. The van der Waals surface area contributed by atoms with Crippen LogP contribution in [0.2, 0.25) is 0 Å². The molecule has 1 aromatic rings. The number of rotatable bonds is 7. The molecule has 3 N–H and O–H groups in total. The average molecular weight is 711 g/mol. The van der Waals surface area contributed by atoms with Crippen LogP contribution in [0.4, 0.5) is 9.59 Å². The molecule has 6 amide bonds. The van der Waals surface area contributed by atoms with E-state index in [0.29, 0.717) is 45.3 Å². The fourth-order valence-corrected chi connectivity index (χ4v) is 8.40. The number of allylic oxidation sites excluding steroid dienone is 1. The number of carbonyl (C=O) groups is 5. The first kappa shape index (κ1) is 35.4. The molecular weight excluding hydrogens is 664 g/mol. The van der Waals surface area contributed by atoms with Crippen molar-refractivity contribution in [3.05, 3.63) is 53.6 Å². The van der Waals surface area contributed by atoms with Crippen molar-refractivity contribution < 1.29 is 37.1 Å². The van der Waals surface area contributed by atoms with Crippen LogP contribution in [0.25, 0.3) is 6.08 Å². The molecule has 270 valence electrons. The van der Waals surface area contributed by atoms with E-state index in [1.165, 1.54) is 15.9 Å². The molecule has 50 heavy (non-hydrogen) atoms. The van der Waals surface area contributed by atoms with E-state index in [4.69, 9.17) is 4.74 Å². The first-order valence-corrected chi connectivity index (χ1v) is 18.8. The molecule has 5 atom stereocenters. The highest BCUT2D eigenvalue weighted by Crippen LogP contribution is 2.45. The molecule has 0 radical (unpaired) electrons. The number of ether oxygens (including phenoxy) is 1. The first-order chi connectivity index (χ1) is 23.7. The Labute approximate surface area is 292 Å². The Balaban J connectivity index is 1.27. The van der Waals surface area contributed by atoms with Gasteiger partial charge in [0.25, 0.3) is 5.91 Å². The minimum Gasteiger partial charge on any atom is -0.444 e. The van der Waals surface area contributed by atoms with Gasteiger partial charge in [0, 0.05) is 32.5 Å². The summed E-state index contributed by atoms with van der Waals surface area (Å²) < 4.78 is 33.3. The Bertz CT molecular complexity index is 1720. The molecule has 2 saturated carbocycles. The van der Waals surface area contributed by atoms with Gasteiger partial charge < -0.3 is 25.2 Å². The van der Waals surface area contributed by atoms with Gasteiger partial charge in [-0.25, -0.2) is 18.0 Å². The molecule has 15 heteroatoms. The number of urea groups is 1. The summed E-state index contributed by atoms with van der Waals surface area (Å²) in [7, 11) is -2.24. The maximum atomic E-state index is 14.2. The number of hydrogen-bond donors (Lipinski definition) is 3. The fraction of sp³-hybridized carbons (Fsp3) is 0.571. The molecule has 0 aromatic heterocycles. The topological polar surface area (TPSA) is 175 Å². The number of nitrogens with one attached hydrogen (secondary N) is 3. The second kappa shape index (κ2) is 13.7. The van der Waals surface area contributed by atoms with Gasteiger partial charge in [0.1, 0.15) is 23.7 Å². The van der Waals surface area contributed by atoms with E-state index in [0.717, 1.165) is 16.7 Å². The van der Waals surface area contributed by atoms with Crippen molar-refractivity contribution in [3.63, 3.8) is 0 Å². The normalized spacial score (nSPS) is 29.4. The van der Waals surface area contributed by atoms with E-state index >= 15 is 0 Å². The standard InChI is InChI=1S/C35H46N6O8S/c1-5-24-17-35(24,32(44)38-50(47,48)26-13-14-26)37-30(42)28-16-25-19-41(28)31(43)29(21(2)3)36-33(45)39(4)15-8-6-7-10-22-11-9-12-23-18-40(20-27(22)23)34(46)49-25/h5,7,9-12,21,24-26,28-29H,1,6,8,13-20H2,2-4H3,(H,36,45)(H,37,42)(H,38,44)/b10-7+/t24-,25+,28-,29-,35+/m0/s1. The Hall–Kier alpha value is -4.40. The summed E-state index contributed by atoms with van der Waals surface area (Å²) in [4.78, 5) is 72.9. The van der Waals surface area contributed by atoms with Gasteiger partial charge in [-0.15, -0.1) is 6.58 Å². The zero-order valence-corrected chi connectivity index (χ0v) is 29.5. The van der Waals surface area contributed by atoms with Crippen LogP contribution in [0.3, 0.4) is 0 Å². The Morgan fingerprint density at radius 3 is 2.60 bits per heavy atom. The molecule has 1 aromatic carbocycles. The molecule has 3 fully saturated rings. The molecule has 14 nitrogen and oxygen atoms in total. The average Bonchev–Trinajstić information content (AvgIpc) is 3.96. The van der Waals surface area contributed by atoms with Gasteiger partial charge in [0.2, 0.25) is 21.8 Å². The largest absolute Gasteiger partial charge is 0.444 e. The van der Waals surface area contributed by atoms with Gasteiger partial charge in [-0.3, -0.25) is 24.0 Å². The molecule has 6 rings (SSSR count). The van der Waals surface area contributed by atoms with Crippen molar-refractivity contribution in [2.45, 2.75) is 94.4 Å². The van der Waals surface area contributed by atoms with E-state index in [1.807, 2.05) is 30.4 Å². The number of sulfonamides is 1. The number of fused-ring (bicyclic) bond motifs is 3. The van der Waals surface area contributed by atoms with Gasteiger partial charge in [0.05, 0.1) is 18.3 Å². The summed E-state index contributed by atoms with van der Waals surface area (Å²) >= 11 is 0. The predicted molar refractivity (Wildman–Crippen MR) is 183 cm³/mol. The van der Waals surface area contributed by atoms with Gasteiger partial charge in [-0.05, 0) is 54.7 Å². The summed E-state index contributed by atoms with van der Waals surface area (Å²) in [5, 5.41) is 4.94. The van der Waals surface area contributed by atoms with E-state index in [-0.39, 0.29) is 25.3 Å². The number of nitrogens with zero attached hydrogens (tertiary/aromatic N) is 3. The lowest BCUT2D eigenvalue weighted by atomic mass is 10.0. The number of benzene rings is 1. The highest BCUT2D eigenvalue weighted by Gasteiger charge is 2.62. The summed E-state index contributed by atoms with van der Waals surface area (Å²) in [6.07, 6.45) is 6.49. The predicted octanol–water partition coefficient (Wildman–Crippen LogP) is 2.25. The quantitative estimate of drug-likeness (QED) is 0.362. The van der Waals surface area contributed by atoms with E-state index < -0.39 is 74.8 Å². The first-order valence-electron chi connectivity index (χ1n) is 17.3. The smallest absolute Gasteiger partial charge is 0.410 e. The molecule has 5 aliphatic rings. The summed E-state index contributed by atoms with van der Waals surface area (Å²) in [6, 6.07) is 3.28. The van der Waals surface area contributed by atoms with Crippen LogP contribution in [0.5, 0.6) is 0 Å². The van der Waals surface area contributed by atoms with Crippen molar-refractivity contribution in [1.82, 2.24) is 30.1 Å². The zero-order valence-electron chi connectivity index (χ0n) is 28.7. The van der Waals surface area contributed by atoms with Gasteiger partial charge >= 0.3 is 12.1 Å². The Kier molecular flexibility index (Phi) is 9.72. The third kappa shape index (κ3) is 7.10. The highest BCUT2D eigenvalue weighted by atomic mass is 32.2. The van der Waals surface area contributed by atoms with Crippen molar-refractivity contribution in [2.75, 3.05) is 20.1 Å². The monoisotopic (exact) mass is 710 g/mol. The SMILES string of the molecule is C=C[C@H]1C[C@]1(NC(=O)[C@@H]1C[C@@H]2CN1C(=O)[C@H](C(C)C)NC(=O)N(C)CCC/C=C/c1cccc3c1CN(C3)C(=O)O2)C(=O)NS(=O)(=O)C1CC1. The zero-order chi connectivity index (χ0) is 36.0. The summed E-state index contributed by atoms with van der Waals surface area (Å²) in [5.74, 6) is -2.98. The second-order valence-electron chi connectivity index (χ2n) is 14.4. The maximum absolute atomic E-state index is 14.2. The van der Waals surface area contributed by atoms with Gasteiger partial charge in [0.15, 0.2) is 0 Å². The lowest BCUT2D eigenvalue weighted by Gasteiger charge is -2.32. The van der Waals surface area contributed by atoms with E-state index in [9.17, 15) is 32.4 Å². The minimum atomic E-state index is -3.89. The van der Waals surface area contributed by atoms with Crippen molar-refractivity contribution in [1.29, 1.82) is 0 Å². The second-order valence-corrected chi connectivity index (χ2v) is 16.4. The molecule has 2 aliphatic carbocycles. The minimum absolute atomic E-state index is 0.0619. The third-order valence-corrected chi connectivity index (χ3v) is 12.2. The Morgan fingerprint density at radius 1 is 1.16 bits per heavy atom. The van der Waals surface area contributed by atoms with Gasteiger partial charge in [-0.2, -0.15) is 0 Å². The van der Waals surface area contributed by atoms with Crippen molar-refractivity contribution in [3.8, 4) is 0 Å². The molecule has 4 bridgehead atoms. The molecule has 0 spiro atoms. The van der Waals surface area contributed by atoms with Crippen LogP contribution >= 0.6 is 0 Å². The van der Waals surface area contributed by atoms with Crippen LogP contribution in [-0.2, 0) is 42.2 Å². The van der Waals surface area contributed by atoms with Crippen molar-refractivity contribution >= 4 is 45.9 Å². The van der Waals surface area contributed by atoms with E-state index in [1.54, 1.807) is 25.8 Å². The molecule has 3 heterocycles. The molecular formula is C35H46N6O8S. The number of carbonyl (C=O) groups excluding carboxylic acids is 5. The third-order valence-electron chi connectivity index (χ3n) is 10.4. The fourth-order valence-electron chi connectivity index (χ4n) is 7.04. The van der Waals surface area contributed by atoms with Crippen LogP contribution in [-0.4, -0.2) is 102 Å². The summed E-state index contributed by atoms with van der Waals surface area (Å²) in [5.41, 5.74) is 1.46. The Morgan fingerprint density at radius 2 is 1.92 bits per heavy atom. The summed E-state index contributed by atoms with van der Waals surface area (Å²) in [6.45, 7) is 8.33. The lowest BCUT2D eigenvalue weighted by molar-refractivity contribution is -0.141. The van der Waals surface area contributed by atoms with Crippen molar-refractivity contribution in [2.24, 2.45) is 11.8 Å². The van der Waals surface area contributed by atoms with Gasteiger partial charge in [-0.1, -0.05) is 50.3 Å². The molecule has 1 saturated heterocycles. The van der Waals surface area contributed by atoms with Crippen LogP contribution in [0.15, 0.2) is 36.9 Å². The number of amides is 6. The van der Waals surface area contributed by atoms with Crippen LogP contribution in [0, 0.1) is 11.8 Å². The molecule has 3 aliphatic heterocycles. The van der Waals surface area contributed by atoms with Crippen LogP contribution in [0.1, 0.15) is 69.1 Å².